The Morgan fingerprint density at radius 2 is 1.97 bits per heavy atom. The number of fused-ring (bicyclic) bond motifs is 1. The summed E-state index contributed by atoms with van der Waals surface area (Å²) in [6.07, 6.45) is 1.61. The smallest absolute Gasteiger partial charge is 0.338 e. The molecule has 0 saturated carbocycles. The van der Waals surface area contributed by atoms with E-state index in [1.165, 1.54) is 22.8 Å². The van der Waals surface area contributed by atoms with Crippen molar-refractivity contribution in [3.8, 4) is 0 Å². The van der Waals surface area contributed by atoms with E-state index in [0.717, 1.165) is 11.3 Å². The number of halogens is 1. The van der Waals surface area contributed by atoms with E-state index in [1.807, 2.05) is 0 Å². The number of hydrogen-bond donors (Lipinski definition) is 0. The van der Waals surface area contributed by atoms with Crippen LogP contribution in [0, 0.1) is 22.9 Å². The molecule has 0 spiro atoms. The van der Waals surface area contributed by atoms with Gasteiger partial charge in [-0.25, -0.2) is 14.2 Å². The highest BCUT2D eigenvalue weighted by molar-refractivity contribution is 7.07. The molecule has 174 valence electrons. The largest absolute Gasteiger partial charge is 0.463 e. The zero-order chi connectivity index (χ0) is 24.6. The average Bonchev–Trinajstić information content (AvgIpc) is 3.09. The summed E-state index contributed by atoms with van der Waals surface area (Å²) in [5.74, 6) is -1.04. The number of carbonyl (C=O) groups excluding carboxylic acids is 1. The van der Waals surface area contributed by atoms with Gasteiger partial charge in [0, 0.05) is 11.6 Å². The number of aromatic nitrogens is 1. The summed E-state index contributed by atoms with van der Waals surface area (Å²) < 4.78 is 20.2. The van der Waals surface area contributed by atoms with Crippen molar-refractivity contribution in [1.29, 1.82) is 0 Å². The Bertz CT molecular complexity index is 1520. The third kappa shape index (κ3) is 4.19. The first-order chi connectivity index (χ1) is 16.2. The maximum absolute atomic E-state index is 13.5. The van der Waals surface area contributed by atoms with Crippen LogP contribution in [-0.2, 0) is 9.53 Å². The summed E-state index contributed by atoms with van der Waals surface area (Å²) in [6.45, 7) is 5.03. The summed E-state index contributed by atoms with van der Waals surface area (Å²) >= 11 is 1.12. The van der Waals surface area contributed by atoms with Gasteiger partial charge in [0.1, 0.15) is 5.82 Å². The summed E-state index contributed by atoms with van der Waals surface area (Å²) in [7, 11) is 0. The number of nitrogens with zero attached hydrogens (tertiary/aromatic N) is 3. The van der Waals surface area contributed by atoms with Crippen LogP contribution < -0.4 is 14.9 Å². The van der Waals surface area contributed by atoms with Gasteiger partial charge >= 0.3 is 5.97 Å². The number of nitro groups is 1. The van der Waals surface area contributed by atoms with E-state index in [4.69, 9.17) is 4.74 Å². The van der Waals surface area contributed by atoms with Gasteiger partial charge in [0.05, 0.1) is 33.4 Å². The van der Waals surface area contributed by atoms with Gasteiger partial charge in [-0.15, -0.1) is 0 Å². The lowest BCUT2D eigenvalue weighted by molar-refractivity contribution is -0.385. The molecule has 0 bridgehead atoms. The van der Waals surface area contributed by atoms with E-state index >= 15 is 0 Å². The van der Waals surface area contributed by atoms with Crippen LogP contribution in [0.2, 0.25) is 0 Å². The molecule has 0 aliphatic carbocycles. The van der Waals surface area contributed by atoms with Crippen LogP contribution in [0.25, 0.3) is 6.08 Å². The Balaban J connectivity index is 1.98. The third-order valence-corrected chi connectivity index (χ3v) is 6.41. The molecule has 0 fully saturated rings. The third-order valence-electron chi connectivity index (χ3n) is 5.43. The van der Waals surface area contributed by atoms with Gasteiger partial charge in [0.2, 0.25) is 0 Å². The number of ether oxygens (including phenoxy) is 1. The molecular weight excluding hydrogens is 461 g/mol. The van der Waals surface area contributed by atoms with Crippen LogP contribution in [-0.4, -0.2) is 22.1 Å². The predicted octanol–water partition coefficient (Wildman–Crippen LogP) is 3.15. The maximum Gasteiger partial charge on any atom is 0.338 e. The van der Waals surface area contributed by atoms with E-state index < -0.39 is 28.3 Å². The minimum absolute atomic E-state index is 0.116. The predicted molar refractivity (Wildman–Crippen MR) is 125 cm³/mol. The summed E-state index contributed by atoms with van der Waals surface area (Å²) in [6, 6.07) is 9.33. The molecule has 2 heterocycles. The fourth-order valence-corrected chi connectivity index (χ4v) is 4.86. The van der Waals surface area contributed by atoms with E-state index in [2.05, 4.69) is 4.99 Å². The first-order valence-electron chi connectivity index (χ1n) is 10.4. The van der Waals surface area contributed by atoms with Gasteiger partial charge in [-0.1, -0.05) is 35.6 Å². The molecule has 2 aromatic carbocycles. The molecule has 8 nitrogen and oxygen atoms in total. The SMILES string of the molecule is CCOC(=O)C1=C(C)N=c2s/c(=C/c3ccc(F)cc3)c(=O)n2[C@H]1c1ccc(C)c([N+](=O)[O-])c1. The topological polar surface area (TPSA) is 104 Å². The minimum atomic E-state index is -0.954. The van der Waals surface area contributed by atoms with Crippen molar-refractivity contribution in [2.45, 2.75) is 26.8 Å². The van der Waals surface area contributed by atoms with Gasteiger partial charge in [-0.05, 0) is 50.1 Å². The fraction of sp³-hybridized carbons (Fsp3) is 0.208. The quantitative estimate of drug-likeness (QED) is 0.316. The van der Waals surface area contributed by atoms with Gasteiger partial charge in [0.25, 0.3) is 11.2 Å². The van der Waals surface area contributed by atoms with Crippen molar-refractivity contribution in [3.63, 3.8) is 0 Å². The molecule has 4 rings (SSSR count). The van der Waals surface area contributed by atoms with E-state index in [9.17, 15) is 24.1 Å². The number of nitro benzene ring substituents is 1. The first kappa shape index (κ1) is 23.2. The van der Waals surface area contributed by atoms with E-state index in [0.29, 0.717) is 31.7 Å². The normalized spacial score (nSPS) is 15.6. The highest BCUT2D eigenvalue weighted by Crippen LogP contribution is 2.33. The number of rotatable bonds is 5. The van der Waals surface area contributed by atoms with Crippen LogP contribution in [0.5, 0.6) is 0 Å². The molecule has 1 aromatic heterocycles. The van der Waals surface area contributed by atoms with Gasteiger partial charge in [-0.3, -0.25) is 19.5 Å². The molecule has 3 aromatic rings. The molecule has 0 saturated heterocycles. The van der Waals surface area contributed by atoms with Crippen molar-refractivity contribution in [2.24, 2.45) is 4.99 Å². The second-order valence-corrected chi connectivity index (χ2v) is 8.67. The van der Waals surface area contributed by atoms with Crippen molar-refractivity contribution < 1.29 is 18.8 Å². The number of aryl methyl sites for hydroxylation is 1. The number of esters is 1. The van der Waals surface area contributed by atoms with Crippen LogP contribution >= 0.6 is 11.3 Å². The monoisotopic (exact) mass is 481 g/mol. The van der Waals surface area contributed by atoms with Gasteiger partial charge < -0.3 is 4.74 Å². The molecule has 1 atom stereocenters. The number of benzene rings is 2. The minimum Gasteiger partial charge on any atom is -0.463 e. The van der Waals surface area contributed by atoms with Crippen molar-refractivity contribution in [1.82, 2.24) is 4.57 Å². The average molecular weight is 482 g/mol. The fourth-order valence-electron chi connectivity index (χ4n) is 3.81. The lowest BCUT2D eigenvalue weighted by atomic mass is 9.94. The molecule has 0 radical (unpaired) electrons. The van der Waals surface area contributed by atoms with E-state index in [-0.39, 0.29) is 17.9 Å². The summed E-state index contributed by atoms with van der Waals surface area (Å²) in [4.78, 5) is 42.3. The van der Waals surface area contributed by atoms with Crippen LogP contribution in [0.3, 0.4) is 0 Å². The Morgan fingerprint density at radius 3 is 2.62 bits per heavy atom. The van der Waals surface area contributed by atoms with Gasteiger partial charge in [-0.2, -0.15) is 0 Å². The zero-order valence-electron chi connectivity index (χ0n) is 18.6. The highest BCUT2D eigenvalue weighted by Gasteiger charge is 2.34. The molecule has 0 amide bonds. The van der Waals surface area contributed by atoms with E-state index in [1.54, 1.807) is 51.1 Å². The Kier molecular flexibility index (Phi) is 6.25. The Labute approximate surface area is 197 Å². The Morgan fingerprint density at radius 1 is 1.26 bits per heavy atom. The van der Waals surface area contributed by atoms with Crippen LogP contribution in [0.15, 0.2) is 63.5 Å². The van der Waals surface area contributed by atoms with Crippen molar-refractivity contribution >= 4 is 29.1 Å². The summed E-state index contributed by atoms with van der Waals surface area (Å²) in [5.41, 5.74) is 1.43. The lowest BCUT2D eigenvalue weighted by Crippen LogP contribution is -2.40. The highest BCUT2D eigenvalue weighted by atomic mass is 32.1. The molecular formula is C24H20FN3O5S. The number of hydrogen-bond acceptors (Lipinski definition) is 7. The molecule has 34 heavy (non-hydrogen) atoms. The second kappa shape index (κ2) is 9.14. The second-order valence-electron chi connectivity index (χ2n) is 7.66. The standard InChI is InChI=1S/C24H20FN3O5S/c1-4-33-23(30)20-14(3)26-24-27(21(20)16-8-5-13(2)18(12-16)28(31)32)22(29)19(34-24)11-15-6-9-17(25)10-7-15/h5-12,21H,4H2,1-3H3/b19-11+/t21-/m0/s1. The summed E-state index contributed by atoms with van der Waals surface area (Å²) in [5, 5.41) is 11.6. The molecule has 10 heteroatoms. The van der Waals surface area contributed by atoms with Crippen molar-refractivity contribution in [2.75, 3.05) is 6.61 Å². The Hall–Kier alpha value is -3.92. The molecule has 0 N–H and O–H groups in total. The molecule has 0 unspecified atom stereocenters. The first-order valence-corrected chi connectivity index (χ1v) is 11.2. The maximum atomic E-state index is 13.5. The number of allylic oxidation sites excluding steroid dienone is 1. The molecule has 1 aliphatic rings. The lowest BCUT2D eigenvalue weighted by Gasteiger charge is -2.24. The van der Waals surface area contributed by atoms with Gasteiger partial charge in [0.15, 0.2) is 4.80 Å². The number of carbonyl (C=O) groups is 1. The van der Waals surface area contributed by atoms with Crippen LogP contribution in [0.4, 0.5) is 10.1 Å². The number of thiazole rings is 1. The van der Waals surface area contributed by atoms with Crippen LogP contribution in [0.1, 0.15) is 36.6 Å². The zero-order valence-corrected chi connectivity index (χ0v) is 19.4. The van der Waals surface area contributed by atoms with Crippen molar-refractivity contribution in [3.05, 3.63) is 106 Å². The molecule has 1 aliphatic heterocycles.